The molecule has 2 rings (SSSR count). The molecule has 1 aliphatic heterocycles. The summed E-state index contributed by atoms with van der Waals surface area (Å²) in [5, 5.41) is 12.0. The van der Waals surface area contributed by atoms with Gasteiger partial charge in [-0.25, -0.2) is 0 Å². The summed E-state index contributed by atoms with van der Waals surface area (Å²) in [4.78, 5) is 38.9. The van der Waals surface area contributed by atoms with Crippen molar-refractivity contribution in [2.45, 2.75) is 25.8 Å². The largest absolute Gasteiger partial charge is 0.480 e. The van der Waals surface area contributed by atoms with Gasteiger partial charge in [0.2, 0.25) is 11.8 Å². The van der Waals surface area contributed by atoms with Gasteiger partial charge >= 0.3 is 5.97 Å². The molecule has 28 heavy (non-hydrogen) atoms. The molecule has 1 aliphatic rings. The third kappa shape index (κ3) is 5.73. The Bertz CT molecular complexity index is 771. The number of aliphatic carboxylic acids is 1. The molecule has 0 aromatic heterocycles. The van der Waals surface area contributed by atoms with E-state index < -0.39 is 12.0 Å². The van der Waals surface area contributed by atoms with Crippen LogP contribution in [0.5, 0.6) is 0 Å². The number of anilines is 1. The Morgan fingerprint density at radius 2 is 1.93 bits per heavy atom. The molecule has 1 aromatic carbocycles. The summed E-state index contributed by atoms with van der Waals surface area (Å²) < 4.78 is 0. The van der Waals surface area contributed by atoms with E-state index >= 15 is 0 Å². The van der Waals surface area contributed by atoms with Crippen LogP contribution in [0.2, 0.25) is 5.02 Å². The molecule has 7 nitrogen and oxygen atoms in total. The zero-order valence-corrected chi connectivity index (χ0v) is 17.1. The molecule has 1 atom stereocenters. The average Bonchev–Trinajstić information content (AvgIpc) is 2.65. The van der Waals surface area contributed by atoms with Gasteiger partial charge in [-0.3, -0.25) is 14.4 Å². The van der Waals surface area contributed by atoms with Crippen LogP contribution in [0.3, 0.4) is 0 Å². The van der Waals surface area contributed by atoms with E-state index in [1.165, 1.54) is 13.0 Å². The number of nitrogens with one attached hydrogen (secondary N) is 1. The Labute approximate surface area is 169 Å². The summed E-state index contributed by atoms with van der Waals surface area (Å²) in [5.74, 6) is -1.73. The monoisotopic (exact) mass is 407 g/mol. The van der Waals surface area contributed by atoms with Crippen LogP contribution < -0.4 is 10.2 Å². The lowest BCUT2D eigenvalue weighted by molar-refractivity contribution is -0.142. The van der Waals surface area contributed by atoms with Gasteiger partial charge in [0, 0.05) is 39.2 Å². The molecule has 0 radical (unpaired) electrons. The van der Waals surface area contributed by atoms with Gasteiger partial charge in [-0.1, -0.05) is 17.7 Å². The minimum absolute atomic E-state index is 0.120. The highest BCUT2D eigenvalue weighted by atomic mass is 35.5. The van der Waals surface area contributed by atoms with E-state index in [-0.39, 0.29) is 17.7 Å². The summed E-state index contributed by atoms with van der Waals surface area (Å²) in [6.45, 7) is 2.35. The second kappa shape index (κ2) is 9.59. The number of piperidine rings is 1. The minimum Gasteiger partial charge on any atom is -0.480 e. The lowest BCUT2D eigenvalue weighted by atomic mass is 9.95. The molecule has 0 unspecified atom stereocenters. The van der Waals surface area contributed by atoms with E-state index in [0.29, 0.717) is 31.0 Å². The van der Waals surface area contributed by atoms with Crippen molar-refractivity contribution < 1.29 is 19.5 Å². The predicted octanol–water partition coefficient (Wildman–Crippen LogP) is 2.25. The number of benzene rings is 1. The fourth-order valence-corrected chi connectivity index (χ4v) is 3.38. The van der Waals surface area contributed by atoms with Crippen LogP contribution >= 0.6 is 11.6 Å². The van der Waals surface area contributed by atoms with Gasteiger partial charge in [-0.2, -0.15) is 0 Å². The Kier molecular flexibility index (Phi) is 7.45. The number of hydrogen-bond acceptors (Lipinski definition) is 4. The topological polar surface area (TPSA) is 90.0 Å². The van der Waals surface area contributed by atoms with Crippen LogP contribution in [0.15, 0.2) is 24.3 Å². The van der Waals surface area contributed by atoms with E-state index in [1.807, 2.05) is 31.1 Å². The fourth-order valence-electron chi connectivity index (χ4n) is 3.02. The fraction of sp³-hybridized carbons (Fsp3) is 0.450. The Balaban J connectivity index is 1.88. The number of amides is 2. The zero-order chi connectivity index (χ0) is 20.8. The number of carbonyl (C=O) groups is 3. The molecule has 2 N–H and O–H groups in total. The van der Waals surface area contributed by atoms with Crippen LogP contribution in [0.4, 0.5) is 5.69 Å². The number of nitrogens with zero attached hydrogens (tertiary/aromatic N) is 2. The number of carboxylic acid groups (broad SMARTS) is 1. The van der Waals surface area contributed by atoms with Gasteiger partial charge in [-0.15, -0.1) is 0 Å². The molecule has 2 amide bonds. The van der Waals surface area contributed by atoms with Crippen LogP contribution in [-0.4, -0.2) is 61.0 Å². The highest BCUT2D eigenvalue weighted by Gasteiger charge is 2.28. The molecule has 0 spiro atoms. The summed E-state index contributed by atoms with van der Waals surface area (Å²) in [6.07, 6.45) is 4.26. The number of carboxylic acids is 1. The third-order valence-corrected chi connectivity index (χ3v) is 5.08. The smallest absolute Gasteiger partial charge is 0.325 e. The van der Waals surface area contributed by atoms with Crippen molar-refractivity contribution >= 4 is 41.1 Å². The number of rotatable bonds is 6. The standard InChI is InChI=1S/C20H26ClN3O4/c1-13(20(27)28)22-19(26)15-8-10-24(11-9-15)18(25)7-5-14-4-6-17(23(2)3)16(21)12-14/h4-7,12-13,15H,8-11H2,1-3H3,(H,22,26)(H,27,28)/b7-5+/t13-/m0/s1. The molecule has 0 saturated carbocycles. The molecule has 8 heteroatoms. The van der Waals surface area contributed by atoms with E-state index in [0.717, 1.165) is 11.3 Å². The molecule has 1 aromatic rings. The molecule has 152 valence electrons. The quantitative estimate of drug-likeness (QED) is 0.706. The van der Waals surface area contributed by atoms with Crippen LogP contribution in [0.1, 0.15) is 25.3 Å². The number of halogens is 1. The van der Waals surface area contributed by atoms with Crippen molar-refractivity contribution in [1.29, 1.82) is 0 Å². The normalized spacial score (nSPS) is 16.1. The van der Waals surface area contributed by atoms with Gasteiger partial charge in [0.05, 0.1) is 10.7 Å². The number of carbonyl (C=O) groups excluding carboxylic acids is 2. The highest BCUT2D eigenvalue weighted by Crippen LogP contribution is 2.26. The SMILES string of the molecule is C[C@H](NC(=O)C1CCN(C(=O)/C=C/c2ccc(N(C)C)c(Cl)c2)CC1)C(=O)O. The van der Waals surface area contributed by atoms with E-state index in [4.69, 9.17) is 16.7 Å². The van der Waals surface area contributed by atoms with Crippen molar-refractivity contribution in [2.75, 3.05) is 32.1 Å². The number of likely N-dealkylation sites (tertiary alicyclic amines) is 1. The molecule has 0 aliphatic carbocycles. The minimum atomic E-state index is -1.06. The molecule has 1 fully saturated rings. The molecule has 1 saturated heterocycles. The Morgan fingerprint density at radius 1 is 1.29 bits per heavy atom. The van der Waals surface area contributed by atoms with Crippen molar-refractivity contribution in [2.24, 2.45) is 5.92 Å². The average molecular weight is 408 g/mol. The molecule has 1 heterocycles. The molecular weight excluding hydrogens is 382 g/mol. The summed E-state index contributed by atoms with van der Waals surface area (Å²) in [6, 6.07) is 4.68. The summed E-state index contributed by atoms with van der Waals surface area (Å²) in [5.41, 5.74) is 1.74. The zero-order valence-electron chi connectivity index (χ0n) is 16.3. The van der Waals surface area contributed by atoms with Gasteiger partial charge in [0.1, 0.15) is 6.04 Å². The van der Waals surface area contributed by atoms with Crippen molar-refractivity contribution in [3.05, 3.63) is 34.9 Å². The second-order valence-corrected chi connectivity index (χ2v) is 7.51. The van der Waals surface area contributed by atoms with Gasteiger partial charge in [0.15, 0.2) is 0 Å². The maximum Gasteiger partial charge on any atom is 0.325 e. The highest BCUT2D eigenvalue weighted by molar-refractivity contribution is 6.33. The predicted molar refractivity (Wildman–Crippen MR) is 109 cm³/mol. The van der Waals surface area contributed by atoms with Crippen LogP contribution in [-0.2, 0) is 14.4 Å². The third-order valence-electron chi connectivity index (χ3n) is 4.78. The summed E-state index contributed by atoms with van der Waals surface area (Å²) in [7, 11) is 3.82. The Morgan fingerprint density at radius 3 is 2.46 bits per heavy atom. The first-order valence-corrected chi connectivity index (χ1v) is 9.54. The summed E-state index contributed by atoms with van der Waals surface area (Å²) >= 11 is 6.24. The first-order valence-electron chi connectivity index (χ1n) is 9.16. The van der Waals surface area contributed by atoms with Gasteiger partial charge in [0.25, 0.3) is 0 Å². The first-order chi connectivity index (χ1) is 13.2. The van der Waals surface area contributed by atoms with E-state index in [1.54, 1.807) is 17.0 Å². The van der Waals surface area contributed by atoms with Gasteiger partial charge < -0.3 is 20.2 Å². The molecule has 0 bridgehead atoms. The first kappa shape index (κ1) is 21.8. The van der Waals surface area contributed by atoms with E-state index in [9.17, 15) is 14.4 Å². The second-order valence-electron chi connectivity index (χ2n) is 7.11. The van der Waals surface area contributed by atoms with Crippen LogP contribution in [0.25, 0.3) is 6.08 Å². The van der Waals surface area contributed by atoms with Crippen molar-refractivity contribution in [3.8, 4) is 0 Å². The van der Waals surface area contributed by atoms with Crippen LogP contribution in [0, 0.1) is 5.92 Å². The maximum atomic E-state index is 12.4. The van der Waals surface area contributed by atoms with Crippen molar-refractivity contribution in [3.63, 3.8) is 0 Å². The van der Waals surface area contributed by atoms with E-state index in [2.05, 4.69) is 5.32 Å². The number of hydrogen-bond donors (Lipinski definition) is 2. The van der Waals surface area contributed by atoms with Crippen molar-refractivity contribution in [1.82, 2.24) is 10.2 Å². The Hall–Kier alpha value is -2.54. The molecular formula is C20H26ClN3O4. The van der Waals surface area contributed by atoms with Gasteiger partial charge in [-0.05, 0) is 43.5 Å². The lowest BCUT2D eigenvalue weighted by Crippen LogP contribution is -2.46. The lowest BCUT2D eigenvalue weighted by Gasteiger charge is -2.31. The maximum absolute atomic E-state index is 12.4.